The van der Waals surface area contributed by atoms with E-state index in [0.29, 0.717) is 41.1 Å². The Morgan fingerprint density at radius 3 is 2.86 bits per heavy atom. The maximum absolute atomic E-state index is 15.3. The number of aromatic nitrogens is 4. The molecule has 1 fully saturated rings. The van der Waals surface area contributed by atoms with Crippen LogP contribution >= 0.6 is 11.8 Å². The summed E-state index contributed by atoms with van der Waals surface area (Å²) in [5.74, 6) is 5.83. The predicted octanol–water partition coefficient (Wildman–Crippen LogP) is 3.67. The summed E-state index contributed by atoms with van der Waals surface area (Å²) in [6.07, 6.45) is 7.23. The first-order valence-corrected chi connectivity index (χ1v) is 12.5. The second-order valence-corrected chi connectivity index (χ2v) is 9.54. The fourth-order valence-electron chi connectivity index (χ4n) is 4.49. The molecule has 8 nitrogen and oxygen atoms in total. The Labute approximate surface area is 217 Å². The number of halogens is 2. The molecule has 2 aliphatic rings. The molecule has 0 aliphatic carbocycles. The average Bonchev–Trinajstić information content (AvgIpc) is 3.30. The Kier molecular flexibility index (Phi) is 7.01. The van der Waals surface area contributed by atoms with Crippen LogP contribution in [0.2, 0.25) is 0 Å². The van der Waals surface area contributed by atoms with E-state index in [1.165, 1.54) is 42.4 Å². The lowest BCUT2D eigenvalue weighted by Gasteiger charge is -2.35. The van der Waals surface area contributed by atoms with Crippen molar-refractivity contribution in [2.24, 2.45) is 16.6 Å². The van der Waals surface area contributed by atoms with Gasteiger partial charge in [-0.2, -0.15) is 0 Å². The highest BCUT2D eigenvalue weighted by Gasteiger charge is 2.52. The Morgan fingerprint density at radius 2 is 2.11 bits per heavy atom. The van der Waals surface area contributed by atoms with Crippen LogP contribution in [0.15, 0.2) is 54.0 Å². The van der Waals surface area contributed by atoms with Gasteiger partial charge in [0.1, 0.15) is 17.1 Å². The minimum atomic E-state index is -0.945. The van der Waals surface area contributed by atoms with Crippen molar-refractivity contribution in [3.8, 4) is 17.7 Å². The summed E-state index contributed by atoms with van der Waals surface area (Å²) in [6, 6.07) is 6.20. The number of hydrogen-bond acceptors (Lipinski definition) is 9. The number of benzene rings is 1. The van der Waals surface area contributed by atoms with Crippen molar-refractivity contribution in [3.63, 3.8) is 0 Å². The molecule has 188 valence electrons. The van der Waals surface area contributed by atoms with E-state index in [0.717, 1.165) is 0 Å². The fraction of sp³-hybridized carbons (Fsp3) is 0.269. The number of aliphatic imine (C=N–C) groups is 1. The molecule has 2 aliphatic heterocycles. The van der Waals surface area contributed by atoms with Gasteiger partial charge in [-0.15, -0.1) is 5.92 Å². The summed E-state index contributed by atoms with van der Waals surface area (Å²) >= 11 is 1.44. The van der Waals surface area contributed by atoms with E-state index < -0.39 is 17.2 Å². The average molecular weight is 520 g/mol. The molecule has 0 bridgehead atoms. The molecule has 0 spiro atoms. The van der Waals surface area contributed by atoms with E-state index in [1.807, 2.05) is 4.90 Å². The number of anilines is 1. The number of rotatable bonds is 6. The van der Waals surface area contributed by atoms with Gasteiger partial charge in [-0.3, -0.25) is 0 Å². The lowest BCUT2D eigenvalue weighted by Crippen LogP contribution is -2.40. The van der Waals surface area contributed by atoms with Gasteiger partial charge in [-0.05, 0) is 36.8 Å². The van der Waals surface area contributed by atoms with Crippen molar-refractivity contribution in [1.29, 1.82) is 0 Å². The smallest absolute Gasteiger partial charge is 0.233 e. The zero-order valence-corrected chi connectivity index (χ0v) is 20.8. The van der Waals surface area contributed by atoms with Crippen molar-refractivity contribution < 1.29 is 13.5 Å². The minimum Gasteiger partial charge on any atom is -0.463 e. The van der Waals surface area contributed by atoms with Gasteiger partial charge in [0.2, 0.25) is 11.8 Å². The molecule has 1 saturated heterocycles. The number of fused-ring (bicyclic) bond motifs is 1. The highest BCUT2D eigenvalue weighted by molar-refractivity contribution is 8.13. The number of nitrogens with zero attached hydrogens (tertiary/aromatic N) is 6. The van der Waals surface area contributed by atoms with Crippen LogP contribution in [0, 0.1) is 23.6 Å². The molecular formula is C26H23F2N7OS. The predicted molar refractivity (Wildman–Crippen MR) is 140 cm³/mol. The van der Waals surface area contributed by atoms with Gasteiger partial charge in [0.05, 0.1) is 18.9 Å². The van der Waals surface area contributed by atoms with E-state index in [9.17, 15) is 0 Å². The normalized spacial score (nSPS) is 21.1. The van der Waals surface area contributed by atoms with Crippen LogP contribution in [0.3, 0.4) is 0 Å². The number of nitrogens with two attached hydrogens (primary N) is 1. The monoisotopic (exact) mass is 519 g/mol. The van der Waals surface area contributed by atoms with Gasteiger partial charge in [0, 0.05) is 36.2 Å². The van der Waals surface area contributed by atoms with Gasteiger partial charge >= 0.3 is 0 Å². The third kappa shape index (κ3) is 5.11. The maximum atomic E-state index is 15.3. The Hall–Kier alpha value is -4.04. The Bertz CT molecular complexity index is 1410. The third-order valence-electron chi connectivity index (χ3n) is 6.22. The third-order valence-corrected chi connectivity index (χ3v) is 7.17. The number of ether oxygens (including phenoxy) is 1. The summed E-state index contributed by atoms with van der Waals surface area (Å²) in [5, 5.41) is 0.390. The summed E-state index contributed by atoms with van der Waals surface area (Å²) in [7, 11) is 0. The Balaban J connectivity index is 1.46. The van der Waals surface area contributed by atoms with Crippen molar-refractivity contribution in [2.45, 2.75) is 12.5 Å². The number of hydrogen-bond donors (Lipinski definition) is 1. The minimum absolute atomic E-state index is 0.0282. The molecule has 2 N–H and O–H groups in total. The van der Waals surface area contributed by atoms with Crippen LogP contribution in [0.1, 0.15) is 23.7 Å². The van der Waals surface area contributed by atoms with Crippen LogP contribution < -0.4 is 15.4 Å². The second kappa shape index (κ2) is 10.5. The van der Waals surface area contributed by atoms with E-state index in [-0.39, 0.29) is 24.1 Å². The first-order chi connectivity index (χ1) is 18.0. The maximum Gasteiger partial charge on any atom is 0.233 e. The van der Waals surface area contributed by atoms with Crippen LogP contribution in [0.25, 0.3) is 11.9 Å². The van der Waals surface area contributed by atoms with Crippen molar-refractivity contribution in [3.05, 3.63) is 71.7 Å². The molecule has 4 heterocycles. The summed E-state index contributed by atoms with van der Waals surface area (Å²) < 4.78 is 35.7. The first kappa shape index (κ1) is 24.6. The van der Waals surface area contributed by atoms with Crippen LogP contribution in [0.4, 0.5) is 14.7 Å². The number of thioether (sulfide) groups is 1. The van der Waals surface area contributed by atoms with Gasteiger partial charge in [0.15, 0.2) is 17.6 Å². The van der Waals surface area contributed by atoms with Crippen molar-refractivity contribution in [1.82, 2.24) is 19.9 Å². The molecule has 0 unspecified atom stereocenters. The van der Waals surface area contributed by atoms with Gasteiger partial charge in [-0.1, -0.05) is 23.7 Å². The molecule has 1 aromatic carbocycles. The first-order valence-electron chi connectivity index (χ1n) is 11.5. The van der Waals surface area contributed by atoms with Crippen LogP contribution in [-0.4, -0.2) is 50.6 Å². The molecule has 0 radical (unpaired) electrons. The van der Waals surface area contributed by atoms with Crippen molar-refractivity contribution >= 4 is 34.8 Å². The Morgan fingerprint density at radius 1 is 1.27 bits per heavy atom. The van der Waals surface area contributed by atoms with Crippen LogP contribution in [-0.2, 0) is 5.54 Å². The molecule has 0 saturated carbocycles. The van der Waals surface area contributed by atoms with Crippen LogP contribution in [0.5, 0.6) is 5.88 Å². The second-order valence-electron chi connectivity index (χ2n) is 8.50. The molecule has 11 heteroatoms. The lowest BCUT2D eigenvalue weighted by molar-refractivity contribution is 0.353. The van der Waals surface area contributed by atoms with E-state index >= 15 is 8.78 Å². The largest absolute Gasteiger partial charge is 0.463 e. The molecule has 0 amide bonds. The summed E-state index contributed by atoms with van der Waals surface area (Å²) in [6.45, 7) is 2.82. The SMILES string of the molecule is CC#CCOc1cnc(/C(F)=C/c2ccc(F)c([C@]34CN(c5ncccn5)C[C@H]3CSC(N)=N4)c2)cn1. The van der Waals surface area contributed by atoms with Crippen molar-refractivity contribution in [2.75, 3.05) is 30.3 Å². The lowest BCUT2D eigenvalue weighted by atomic mass is 9.81. The molecule has 2 aromatic heterocycles. The fourth-order valence-corrected chi connectivity index (χ4v) is 5.47. The summed E-state index contributed by atoms with van der Waals surface area (Å²) in [5.41, 5.74) is 6.03. The molecule has 5 rings (SSSR count). The van der Waals surface area contributed by atoms with E-state index in [2.05, 4.69) is 31.8 Å². The van der Waals surface area contributed by atoms with Gasteiger partial charge < -0.3 is 15.4 Å². The van der Waals surface area contributed by atoms with E-state index in [1.54, 1.807) is 31.5 Å². The molecule has 3 aromatic rings. The van der Waals surface area contributed by atoms with Gasteiger partial charge in [-0.25, -0.2) is 33.7 Å². The quantitative estimate of drug-likeness (QED) is 0.493. The zero-order valence-electron chi connectivity index (χ0n) is 19.9. The zero-order chi connectivity index (χ0) is 25.8. The number of amidine groups is 1. The molecule has 2 atom stereocenters. The topological polar surface area (TPSA) is 102 Å². The van der Waals surface area contributed by atoms with E-state index in [4.69, 9.17) is 15.5 Å². The summed E-state index contributed by atoms with van der Waals surface area (Å²) in [4.78, 5) is 23.6. The highest BCUT2D eigenvalue weighted by Crippen LogP contribution is 2.47. The highest BCUT2D eigenvalue weighted by atomic mass is 32.2. The molecular weight excluding hydrogens is 496 g/mol. The standard InChI is InChI=1S/C26H23F2N7OS/c1-2-3-9-36-23-13-32-22(12-33-23)21(28)11-17-5-6-20(27)19(10-17)26-16-35(25-30-7-4-8-31-25)14-18(26)15-37-24(29)34-26/h4-8,10-13,18H,9,14-16H2,1H3,(H2,29,34)/b21-11-/t18-,26-/m0/s1. The molecule has 37 heavy (non-hydrogen) atoms. The van der Waals surface area contributed by atoms with Gasteiger partial charge in [0.25, 0.3) is 0 Å².